The summed E-state index contributed by atoms with van der Waals surface area (Å²) in [5.74, 6) is 1.14. The first-order chi connectivity index (χ1) is 30.2. The lowest BCUT2D eigenvalue weighted by Gasteiger charge is -2.44. The van der Waals surface area contributed by atoms with Crippen molar-refractivity contribution in [1.82, 2.24) is 4.90 Å². The molecule has 1 saturated heterocycles. The Bertz CT molecular complexity index is 2010. The number of rotatable bonds is 12. The van der Waals surface area contributed by atoms with E-state index in [1.165, 1.54) is 131 Å². The van der Waals surface area contributed by atoms with Crippen LogP contribution in [0, 0.1) is 0 Å². The van der Waals surface area contributed by atoms with E-state index in [2.05, 4.69) is 135 Å². The predicted octanol–water partition coefficient (Wildman–Crippen LogP) is 13.8. The first-order valence-corrected chi connectivity index (χ1v) is 25.8. The maximum atomic E-state index is 7.14. The van der Waals surface area contributed by atoms with Gasteiger partial charge in [0.25, 0.3) is 0 Å². The molecule has 0 aromatic heterocycles. The highest BCUT2D eigenvalue weighted by Gasteiger charge is 2.41. The van der Waals surface area contributed by atoms with Crippen molar-refractivity contribution in [2.45, 2.75) is 184 Å². The zero-order valence-corrected chi connectivity index (χ0v) is 38.0. The van der Waals surface area contributed by atoms with Crippen LogP contribution >= 0.6 is 11.8 Å². The van der Waals surface area contributed by atoms with Gasteiger partial charge in [-0.1, -0.05) is 104 Å². The van der Waals surface area contributed by atoms with E-state index in [1.807, 2.05) is 0 Å². The van der Waals surface area contributed by atoms with Crippen LogP contribution in [-0.4, -0.2) is 59.7 Å². The molecule has 6 heteroatoms. The summed E-state index contributed by atoms with van der Waals surface area (Å²) in [7, 11) is 0. The van der Waals surface area contributed by atoms with Gasteiger partial charge in [-0.2, -0.15) is 0 Å². The molecule has 6 unspecified atom stereocenters. The molecule has 1 saturated carbocycles. The second-order valence-electron chi connectivity index (χ2n) is 19.5. The van der Waals surface area contributed by atoms with Crippen LogP contribution in [0.4, 0.5) is 17.1 Å². The highest BCUT2D eigenvalue weighted by Crippen LogP contribution is 2.47. The van der Waals surface area contributed by atoms with Crippen LogP contribution < -0.4 is 14.7 Å². The van der Waals surface area contributed by atoms with E-state index < -0.39 is 0 Å². The van der Waals surface area contributed by atoms with Crippen LogP contribution in [0.25, 0.3) is 0 Å². The van der Waals surface area contributed by atoms with Gasteiger partial charge < -0.3 is 24.3 Å². The Morgan fingerprint density at radius 3 is 2.07 bits per heavy atom. The van der Waals surface area contributed by atoms with E-state index >= 15 is 0 Å². The highest BCUT2D eigenvalue weighted by atomic mass is 32.2. The predicted molar refractivity (Wildman–Crippen MR) is 260 cm³/mol. The summed E-state index contributed by atoms with van der Waals surface area (Å²) in [6, 6.07) is 10.3. The van der Waals surface area contributed by atoms with Crippen LogP contribution in [0.1, 0.15) is 142 Å². The van der Waals surface area contributed by atoms with Crippen LogP contribution in [0.2, 0.25) is 0 Å². The lowest BCUT2D eigenvalue weighted by atomic mass is 9.90. The van der Waals surface area contributed by atoms with Crippen LogP contribution in [0.5, 0.6) is 0 Å². The number of anilines is 3. The van der Waals surface area contributed by atoms with Gasteiger partial charge in [-0.3, -0.25) is 0 Å². The summed E-state index contributed by atoms with van der Waals surface area (Å²) >= 11 is 2.11. The molecule has 324 valence electrons. The summed E-state index contributed by atoms with van der Waals surface area (Å²) in [6.45, 7) is 3.18. The molecule has 1 aromatic rings. The molecule has 0 radical (unpaired) electrons. The van der Waals surface area contributed by atoms with Crippen molar-refractivity contribution in [3.8, 4) is 0 Å². The summed E-state index contributed by atoms with van der Waals surface area (Å²) in [5.41, 5.74) is 10.5. The van der Waals surface area contributed by atoms with Gasteiger partial charge in [0.15, 0.2) is 0 Å². The summed E-state index contributed by atoms with van der Waals surface area (Å²) in [5, 5.41) is 0. The van der Waals surface area contributed by atoms with Crippen molar-refractivity contribution in [3.63, 3.8) is 0 Å². The Morgan fingerprint density at radius 2 is 1.34 bits per heavy atom. The molecular formula is C55H72N4OS. The van der Waals surface area contributed by atoms with Gasteiger partial charge in [0, 0.05) is 57.6 Å². The van der Waals surface area contributed by atoms with Crippen molar-refractivity contribution < 1.29 is 4.74 Å². The largest absolute Gasteiger partial charge is 0.363 e. The fourth-order valence-corrected chi connectivity index (χ4v) is 13.8. The van der Waals surface area contributed by atoms with Gasteiger partial charge in [0.1, 0.15) is 6.23 Å². The molecule has 61 heavy (non-hydrogen) atoms. The van der Waals surface area contributed by atoms with Crippen molar-refractivity contribution in [1.29, 1.82) is 0 Å². The molecule has 6 atom stereocenters. The average Bonchev–Trinajstić information content (AvgIpc) is 3.97. The molecule has 9 aliphatic rings. The minimum atomic E-state index is 0.0966. The van der Waals surface area contributed by atoms with Crippen LogP contribution in [0.3, 0.4) is 0 Å². The van der Waals surface area contributed by atoms with E-state index in [4.69, 9.17) is 4.74 Å². The SMILES string of the molecule is CC1=CC(N(c2cc(N(C3=CCCCC3)C3C=CC=CC3)cc(N(C3CCCCC3)C3COC(N(C4=CCCCC4)C4C=CC=CC4)C3)c2)C2CSC3=C2CCC=C3)CCC1. The van der Waals surface area contributed by atoms with Gasteiger partial charge in [-0.15, -0.1) is 11.8 Å². The zero-order chi connectivity index (χ0) is 41.0. The molecule has 2 aliphatic heterocycles. The van der Waals surface area contributed by atoms with E-state index in [0.29, 0.717) is 36.3 Å². The van der Waals surface area contributed by atoms with Gasteiger partial charge >= 0.3 is 0 Å². The number of thioether (sulfide) groups is 1. The summed E-state index contributed by atoms with van der Waals surface area (Å²) < 4.78 is 7.14. The number of hydrogen-bond donors (Lipinski definition) is 0. The Balaban J connectivity index is 1.10. The smallest absolute Gasteiger partial charge is 0.132 e. The van der Waals surface area contributed by atoms with E-state index in [-0.39, 0.29) is 6.23 Å². The normalized spacial score (nSPS) is 30.2. The number of benzene rings is 1. The Kier molecular flexibility index (Phi) is 13.2. The van der Waals surface area contributed by atoms with Crippen molar-refractivity contribution >= 4 is 28.8 Å². The quantitative estimate of drug-likeness (QED) is 0.194. The molecule has 0 bridgehead atoms. The maximum Gasteiger partial charge on any atom is 0.132 e. The minimum Gasteiger partial charge on any atom is -0.363 e. The monoisotopic (exact) mass is 837 g/mol. The molecule has 5 nitrogen and oxygen atoms in total. The third-order valence-electron chi connectivity index (χ3n) is 15.4. The van der Waals surface area contributed by atoms with Crippen LogP contribution in [0.15, 0.2) is 125 Å². The van der Waals surface area contributed by atoms with E-state index in [1.54, 1.807) is 16.1 Å². The van der Waals surface area contributed by atoms with E-state index in [9.17, 15) is 0 Å². The second-order valence-corrected chi connectivity index (χ2v) is 20.6. The van der Waals surface area contributed by atoms with Gasteiger partial charge in [0.2, 0.25) is 0 Å². The highest BCUT2D eigenvalue weighted by molar-refractivity contribution is 8.03. The zero-order valence-electron chi connectivity index (χ0n) is 37.1. The van der Waals surface area contributed by atoms with Crippen molar-refractivity contribution in [2.75, 3.05) is 27.1 Å². The fraction of sp³-hybridized carbons (Fsp3) is 0.564. The molecule has 0 amide bonds. The Hall–Kier alpha value is -3.61. The number of allylic oxidation sites excluding steroid dienone is 11. The second kappa shape index (κ2) is 19.4. The molecular weight excluding hydrogens is 765 g/mol. The molecule has 10 rings (SSSR count). The Labute approximate surface area is 372 Å². The molecule has 0 spiro atoms. The molecule has 1 aromatic carbocycles. The lowest BCUT2D eigenvalue weighted by Crippen LogP contribution is -2.47. The molecule has 2 heterocycles. The average molecular weight is 837 g/mol. The third kappa shape index (κ3) is 9.10. The first-order valence-electron chi connectivity index (χ1n) is 24.8. The van der Waals surface area contributed by atoms with Gasteiger partial charge in [0.05, 0.1) is 30.8 Å². The summed E-state index contributed by atoms with van der Waals surface area (Å²) in [6.07, 6.45) is 57.1. The van der Waals surface area contributed by atoms with E-state index in [0.717, 1.165) is 44.5 Å². The minimum absolute atomic E-state index is 0.0966. The number of hydrogen-bond acceptors (Lipinski definition) is 6. The maximum absolute atomic E-state index is 7.14. The molecule has 2 fully saturated rings. The van der Waals surface area contributed by atoms with Gasteiger partial charge in [-0.05, 0) is 140 Å². The topological polar surface area (TPSA) is 22.2 Å². The number of ether oxygens (including phenoxy) is 1. The first kappa shape index (κ1) is 41.4. The fourth-order valence-electron chi connectivity index (χ4n) is 12.4. The van der Waals surface area contributed by atoms with Crippen molar-refractivity contribution in [3.05, 3.63) is 125 Å². The standard InChI is InChI=1S/C55H72N4OS/c1-41-20-19-31-47(34-41)58(53-40-61-54-33-18-17-32-52(53)54)50-36-48(56(42-21-7-2-8-22-42)43-23-9-3-10-24-43)35-49(37-50)57(44-25-11-4-12-26-44)51-38-55(60-39-51)59(45-27-13-5-14-28-45)46-29-15-6-16-30-46/h2,5,7-8,13-14,18,21,23,27,29,33-37,42,44-45,47,51,53,55H,3-4,6,9-12,15-17,19-20,22,24-26,28,30-32,38-40H2,1H3. The number of nitrogens with zero attached hydrogens (tertiary/aromatic N) is 4. The molecule has 7 aliphatic carbocycles. The third-order valence-corrected chi connectivity index (χ3v) is 16.6. The molecule has 0 N–H and O–H groups in total. The van der Waals surface area contributed by atoms with Crippen LogP contribution in [-0.2, 0) is 4.74 Å². The van der Waals surface area contributed by atoms with Gasteiger partial charge in [-0.25, -0.2) is 0 Å². The Morgan fingerprint density at radius 1 is 0.607 bits per heavy atom. The lowest BCUT2D eigenvalue weighted by molar-refractivity contribution is -0.0158. The summed E-state index contributed by atoms with van der Waals surface area (Å²) in [4.78, 5) is 13.0. The van der Waals surface area contributed by atoms with Crippen molar-refractivity contribution in [2.24, 2.45) is 0 Å².